The maximum absolute atomic E-state index is 13.6. The molecule has 1 amide bonds. The van der Waals surface area contributed by atoms with Gasteiger partial charge in [-0.1, -0.05) is 30.3 Å². The highest BCUT2D eigenvalue weighted by Crippen LogP contribution is 2.32. The number of aromatic nitrogens is 3. The summed E-state index contributed by atoms with van der Waals surface area (Å²) in [6, 6.07) is 11.3. The lowest BCUT2D eigenvalue weighted by Gasteiger charge is -2.32. The molecule has 0 aliphatic carbocycles. The van der Waals surface area contributed by atoms with Crippen molar-refractivity contribution in [1.82, 2.24) is 24.6 Å². The minimum atomic E-state index is -3.08. The van der Waals surface area contributed by atoms with Crippen LogP contribution in [0.15, 0.2) is 36.4 Å². The highest BCUT2D eigenvalue weighted by Gasteiger charge is 2.33. The van der Waals surface area contributed by atoms with Crippen LogP contribution in [0.3, 0.4) is 0 Å². The Labute approximate surface area is 187 Å². The molecule has 0 saturated carbocycles. The van der Waals surface area contributed by atoms with Gasteiger partial charge in [0.15, 0.2) is 15.5 Å². The van der Waals surface area contributed by atoms with Crippen LogP contribution >= 0.6 is 0 Å². The van der Waals surface area contributed by atoms with E-state index >= 15 is 0 Å². The second-order valence-electron chi connectivity index (χ2n) is 8.80. The molecule has 1 atom stereocenters. The van der Waals surface area contributed by atoms with Gasteiger partial charge in [0.05, 0.1) is 39.9 Å². The van der Waals surface area contributed by atoms with Crippen LogP contribution in [0.2, 0.25) is 0 Å². The molecular weight excluding hydrogens is 426 g/mol. The highest BCUT2D eigenvalue weighted by atomic mass is 32.2. The normalized spacial score (nSPS) is 21.3. The van der Waals surface area contributed by atoms with Gasteiger partial charge in [0.25, 0.3) is 5.91 Å². The maximum Gasteiger partial charge on any atom is 0.254 e. The molecule has 2 aromatic heterocycles. The number of benzene rings is 1. The zero-order valence-electron chi connectivity index (χ0n) is 18.4. The standard InChI is InChI=1S/C23H27N5O3S/c1-16-21-19(23(29)27-11-9-26(2)10-12-27)14-20(17-6-4-3-5-7-17)24-22(21)28(25-16)18-8-13-32(30,31)15-18/h3-7,14,18H,8-13,15H2,1-2H3/t18-/m1/s1. The number of amides is 1. The first kappa shape index (κ1) is 21.1. The summed E-state index contributed by atoms with van der Waals surface area (Å²) in [7, 11) is -1.02. The summed E-state index contributed by atoms with van der Waals surface area (Å²) < 4.78 is 26.0. The molecule has 0 spiro atoms. The quantitative estimate of drug-likeness (QED) is 0.604. The third-order valence-corrected chi connectivity index (χ3v) is 8.23. The van der Waals surface area contributed by atoms with Crippen LogP contribution in [0.5, 0.6) is 0 Å². The summed E-state index contributed by atoms with van der Waals surface area (Å²) >= 11 is 0. The number of piperazine rings is 1. The number of sulfone groups is 1. The van der Waals surface area contributed by atoms with Gasteiger partial charge in [0.1, 0.15) is 0 Å². The molecule has 2 aliphatic heterocycles. The number of aryl methyl sites for hydroxylation is 1. The predicted molar refractivity (Wildman–Crippen MR) is 123 cm³/mol. The molecular formula is C23H27N5O3S. The average Bonchev–Trinajstić information content (AvgIpc) is 3.32. The molecule has 1 aromatic carbocycles. The van der Waals surface area contributed by atoms with Crippen LogP contribution in [0.25, 0.3) is 22.3 Å². The third kappa shape index (κ3) is 3.80. The molecule has 8 nitrogen and oxygen atoms in total. The van der Waals surface area contributed by atoms with Gasteiger partial charge < -0.3 is 9.80 Å². The number of likely N-dealkylation sites (N-methyl/N-ethyl adjacent to an activating group) is 1. The van der Waals surface area contributed by atoms with Crippen molar-refractivity contribution in [2.45, 2.75) is 19.4 Å². The summed E-state index contributed by atoms with van der Waals surface area (Å²) in [4.78, 5) is 22.6. The van der Waals surface area contributed by atoms with Gasteiger partial charge in [-0.2, -0.15) is 5.10 Å². The van der Waals surface area contributed by atoms with Crippen molar-refractivity contribution in [2.75, 3.05) is 44.7 Å². The molecule has 2 saturated heterocycles. The summed E-state index contributed by atoms with van der Waals surface area (Å²) in [6.45, 7) is 4.89. The summed E-state index contributed by atoms with van der Waals surface area (Å²) in [6.07, 6.45) is 0.511. The predicted octanol–water partition coefficient (Wildman–Crippen LogP) is 2.15. The number of hydrogen-bond acceptors (Lipinski definition) is 6. The minimum Gasteiger partial charge on any atom is -0.336 e. The Bertz CT molecular complexity index is 1280. The molecule has 32 heavy (non-hydrogen) atoms. The lowest BCUT2D eigenvalue weighted by Crippen LogP contribution is -2.47. The second-order valence-corrected chi connectivity index (χ2v) is 11.0. The molecule has 9 heteroatoms. The Morgan fingerprint density at radius 2 is 1.81 bits per heavy atom. The van der Waals surface area contributed by atoms with Gasteiger partial charge in [-0.25, -0.2) is 18.1 Å². The van der Waals surface area contributed by atoms with Crippen molar-refractivity contribution < 1.29 is 13.2 Å². The molecule has 168 valence electrons. The van der Waals surface area contributed by atoms with E-state index < -0.39 is 9.84 Å². The van der Waals surface area contributed by atoms with Crippen LogP contribution in [-0.4, -0.2) is 83.6 Å². The zero-order chi connectivity index (χ0) is 22.5. The van der Waals surface area contributed by atoms with Crippen molar-refractivity contribution in [2.24, 2.45) is 0 Å². The van der Waals surface area contributed by atoms with Gasteiger partial charge in [-0.05, 0) is 26.5 Å². The fourth-order valence-corrected chi connectivity index (χ4v) is 6.33. The van der Waals surface area contributed by atoms with Crippen molar-refractivity contribution in [3.63, 3.8) is 0 Å². The Morgan fingerprint density at radius 1 is 1.09 bits per heavy atom. The zero-order valence-corrected chi connectivity index (χ0v) is 19.2. The Balaban J connectivity index is 1.67. The number of pyridine rings is 1. The number of carbonyl (C=O) groups excluding carboxylic acids is 1. The maximum atomic E-state index is 13.6. The van der Waals surface area contributed by atoms with E-state index in [1.165, 1.54) is 0 Å². The fraction of sp³-hybridized carbons (Fsp3) is 0.435. The Kier molecular flexibility index (Phi) is 5.25. The van der Waals surface area contributed by atoms with Crippen LogP contribution < -0.4 is 0 Å². The van der Waals surface area contributed by atoms with E-state index in [4.69, 9.17) is 4.98 Å². The molecule has 2 aliphatic rings. The first-order chi connectivity index (χ1) is 15.3. The Hall–Kier alpha value is -2.78. The molecule has 5 rings (SSSR count). The number of fused-ring (bicyclic) bond motifs is 1. The van der Waals surface area contributed by atoms with E-state index in [9.17, 15) is 13.2 Å². The minimum absolute atomic E-state index is 0.0237. The number of rotatable bonds is 3. The van der Waals surface area contributed by atoms with Crippen molar-refractivity contribution in [3.05, 3.63) is 47.7 Å². The molecule has 2 fully saturated rings. The van der Waals surface area contributed by atoms with Crippen molar-refractivity contribution in [1.29, 1.82) is 0 Å². The van der Waals surface area contributed by atoms with Gasteiger partial charge in [0, 0.05) is 31.7 Å². The molecule has 3 aromatic rings. The summed E-state index contributed by atoms with van der Waals surface area (Å²) in [5, 5.41) is 5.40. The van der Waals surface area contributed by atoms with E-state index in [0.717, 1.165) is 24.0 Å². The lowest BCUT2D eigenvalue weighted by molar-refractivity contribution is 0.0666. The van der Waals surface area contributed by atoms with E-state index in [1.807, 2.05) is 48.2 Å². The molecule has 0 N–H and O–H groups in total. The first-order valence-electron chi connectivity index (χ1n) is 11.0. The SMILES string of the molecule is Cc1nn([C@@H]2CCS(=O)(=O)C2)c2nc(-c3ccccc3)cc(C(=O)N3CCN(C)CC3)c12. The smallest absolute Gasteiger partial charge is 0.254 e. The first-order valence-corrected chi connectivity index (χ1v) is 12.8. The number of carbonyl (C=O) groups is 1. The van der Waals surface area contributed by atoms with Crippen molar-refractivity contribution in [3.8, 4) is 11.3 Å². The monoisotopic (exact) mass is 453 g/mol. The van der Waals surface area contributed by atoms with Crippen molar-refractivity contribution >= 4 is 26.8 Å². The van der Waals surface area contributed by atoms with Gasteiger partial charge in [-0.3, -0.25) is 4.79 Å². The van der Waals surface area contributed by atoms with E-state index in [0.29, 0.717) is 42.1 Å². The Morgan fingerprint density at radius 3 is 2.47 bits per heavy atom. The van der Waals surface area contributed by atoms with E-state index in [-0.39, 0.29) is 23.5 Å². The molecule has 0 bridgehead atoms. The average molecular weight is 454 g/mol. The number of hydrogen-bond donors (Lipinski definition) is 0. The van der Waals surface area contributed by atoms with Crippen LogP contribution in [0.4, 0.5) is 0 Å². The summed E-state index contributed by atoms with van der Waals surface area (Å²) in [5.41, 5.74) is 3.48. The molecule has 4 heterocycles. The largest absolute Gasteiger partial charge is 0.336 e. The van der Waals surface area contributed by atoms with E-state index in [1.54, 1.807) is 4.68 Å². The fourth-order valence-electron chi connectivity index (χ4n) is 4.64. The van der Waals surface area contributed by atoms with Gasteiger partial charge in [0.2, 0.25) is 0 Å². The molecule has 0 unspecified atom stereocenters. The van der Waals surface area contributed by atoms with Crippen LogP contribution in [0, 0.1) is 6.92 Å². The lowest BCUT2D eigenvalue weighted by atomic mass is 10.0. The molecule has 0 radical (unpaired) electrons. The summed E-state index contributed by atoms with van der Waals surface area (Å²) in [5.74, 6) is 0.190. The third-order valence-electron chi connectivity index (χ3n) is 6.48. The van der Waals surface area contributed by atoms with Crippen LogP contribution in [0.1, 0.15) is 28.5 Å². The number of nitrogens with zero attached hydrogens (tertiary/aromatic N) is 5. The van der Waals surface area contributed by atoms with Gasteiger partial charge in [-0.15, -0.1) is 0 Å². The van der Waals surface area contributed by atoms with E-state index in [2.05, 4.69) is 17.0 Å². The second kappa shape index (κ2) is 7.97. The van der Waals surface area contributed by atoms with Gasteiger partial charge >= 0.3 is 0 Å². The van der Waals surface area contributed by atoms with Crippen LogP contribution in [-0.2, 0) is 9.84 Å². The topological polar surface area (TPSA) is 88.4 Å². The highest BCUT2D eigenvalue weighted by molar-refractivity contribution is 7.91.